The highest BCUT2D eigenvalue weighted by molar-refractivity contribution is 6.03. The third-order valence-corrected chi connectivity index (χ3v) is 4.85. The maximum atomic E-state index is 12.8. The molecule has 0 radical (unpaired) electrons. The van der Waals surface area contributed by atoms with Crippen LogP contribution in [-0.2, 0) is 23.9 Å². The molecule has 0 saturated heterocycles. The molecule has 0 aromatic heterocycles. The van der Waals surface area contributed by atoms with Crippen molar-refractivity contribution < 1.29 is 33.7 Å². The number of ether oxygens (including phenoxy) is 3. The van der Waals surface area contributed by atoms with Gasteiger partial charge in [0, 0.05) is 12.3 Å². The molecule has 4 atom stereocenters. The van der Waals surface area contributed by atoms with Crippen LogP contribution < -0.4 is 4.74 Å². The number of para-hydroxylation sites is 1. The van der Waals surface area contributed by atoms with Crippen molar-refractivity contribution in [3.05, 3.63) is 29.8 Å². The molecule has 1 aromatic rings. The lowest BCUT2D eigenvalue weighted by Gasteiger charge is -2.43. The SMILES string of the molecule is CCOC(=O)[C@@H]1C(=O)C[C@](C)(O)[C@@H](C(=O)OCC)[C@@H]1c1ccccc1OC. The van der Waals surface area contributed by atoms with Crippen LogP contribution in [0.3, 0.4) is 0 Å². The van der Waals surface area contributed by atoms with Crippen LogP contribution in [0.2, 0.25) is 0 Å². The van der Waals surface area contributed by atoms with Gasteiger partial charge in [-0.15, -0.1) is 0 Å². The Bertz CT molecular complexity index is 710. The van der Waals surface area contributed by atoms with Gasteiger partial charge in [-0.05, 0) is 32.4 Å². The van der Waals surface area contributed by atoms with Gasteiger partial charge in [0.2, 0.25) is 0 Å². The fraction of sp³-hybridized carbons (Fsp3) is 0.550. The Hall–Kier alpha value is -2.41. The van der Waals surface area contributed by atoms with E-state index >= 15 is 0 Å². The first-order valence-electron chi connectivity index (χ1n) is 8.99. The van der Waals surface area contributed by atoms with E-state index in [9.17, 15) is 19.5 Å². The standard InChI is InChI=1S/C20H26O7/c1-5-26-18(22)16-13(21)11-20(3,24)17(19(23)27-6-2)15(16)12-9-7-8-10-14(12)25-4/h7-10,15-17,24H,5-6,11H2,1-4H3/t15-,16-,17-,20+/m1/s1. The minimum Gasteiger partial charge on any atom is -0.496 e. The molecular formula is C20H26O7. The van der Waals surface area contributed by atoms with Gasteiger partial charge in [0.05, 0.1) is 31.8 Å². The van der Waals surface area contributed by atoms with E-state index in [1.54, 1.807) is 38.1 Å². The zero-order valence-corrected chi connectivity index (χ0v) is 16.1. The van der Waals surface area contributed by atoms with Crippen molar-refractivity contribution in [2.45, 2.75) is 38.7 Å². The number of ketones is 1. The van der Waals surface area contributed by atoms with E-state index in [0.29, 0.717) is 11.3 Å². The Balaban J connectivity index is 2.67. The summed E-state index contributed by atoms with van der Waals surface area (Å²) in [5.74, 6) is -4.76. The molecule has 7 nitrogen and oxygen atoms in total. The van der Waals surface area contributed by atoms with Crippen LogP contribution >= 0.6 is 0 Å². The molecule has 1 aliphatic rings. The van der Waals surface area contributed by atoms with Gasteiger partial charge in [-0.3, -0.25) is 14.4 Å². The van der Waals surface area contributed by atoms with E-state index in [4.69, 9.17) is 14.2 Å². The van der Waals surface area contributed by atoms with Gasteiger partial charge in [0.15, 0.2) is 5.78 Å². The van der Waals surface area contributed by atoms with E-state index in [-0.39, 0.29) is 19.6 Å². The molecule has 2 rings (SSSR count). The Morgan fingerprint density at radius 3 is 2.33 bits per heavy atom. The highest BCUT2D eigenvalue weighted by Gasteiger charge is 2.57. The summed E-state index contributed by atoms with van der Waals surface area (Å²) < 4.78 is 15.6. The second-order valence-corrected chi connectivity index (χ2v) is 6.73. The van der Waals surface area contributed by atoms with E-state index in [1.807, 2.05) is 0 Å². The predicted octanol–water partition coefficient (Wildman–Crippen LogP) is 1.86. The molecule has 1 fully saturated rings. The van der Waals surface area contributed by atoms with Crippen LogP contribution in [0.5, 0.6) is 5.75 Å². The number of benzene rings is 1. The van der Waals surface area contributed by atoms with Crippen molar-refractivity contribution in [2.24, 2.45) is 11.8 Å². The molecule has 0 spiro atoms. The largest absolute Gasteiger partial charge is 0.496 e. The highest BCUT2D eigenvalue weighted by Crippen LogP contribution is 2.48. The van der Waals surface area contributed by atoms with E-state index in [0.717, 1.165) is 0 Å². The Kier molecular flexibility index (Phi) is 6.59. The molecular weight excluding hydrogens is 352 g/mol. The molecule has 0 bridgehead atoms. The van der Waals surface area contributed by atoms with Crippen molar-refractivity contribution >= 4 is 17.7 Å². The smallest absolute Gasteiger partial charge is 0.317 e. The van der Waals surface area contributed by atoms with Gasteiger partial charge in [-0.2, -0.15) is 0 Å². The lowest BCUT2D eigenvalue weighted by atomic mass is 9.61. The van der Waals surface area contributed by atoms with E-state index < -0.39 is 41.1 Å². The number of carbonyl (C=O) groups excluding carboxylic acids is 3. The van der Waals surface area contributed by atoms with Crippen LogP contribution in [0.1, 0.15) is 38.7 Å². The van der Waals surface area contributed by atoms with Gasteiger partial charge < -0.3 is 19.3 Å². The normalized spacial score (nSPS) is 27.7. The van der Waals surface area contributed by atoms with Crippen molar-refractivity contribution in [3.8, 4) is 5.75 Å². The lowest BCUT2D eigenvalue weighted by Crippen LogP contribution is -2.55. The quantitative estimate of drug-likeness (QED) is 0.596. The van der Waals surface area contributed by atoms with E-state index in [2.05, 4.69) is 0 Å². The number of esters is 2. The van der Waals surface area contributed by atoms with Crippen molar-refractivity contribution in [3.63, 3.8) is 0 Å². The maximum Gasteiger partial charge on any atom is 0.317 e. The predicted molar refractivity (Wildman–Crippen MR) is 96.2 cm³/mol. The number of Topliss-reactive ketones (excluding diaryl/α,β-unsaturated/α-hetero) is 1. The van der Waals surface area contributed by atoms with Crippen molar-refractivity contribution in [1.82, 2.24) is 0 Å². The van der Waals surface area contributed by atoms with Crippen LogP contribution in [0.25, 0.3) is 0 Å². The average molecular weight is 378 g/mol. The van der Waals surface area contributed by atoms with Crippen molar-refractivity contribution in [1.29, 1.82) is 0 Å². The van der Waals surface area contributed by atoms with Crippen LogP contribution in [0.4, 0.5) is 0 Å². The second kappa shape index (κ2) is 8.52. The first-order chi connectivity index (χ1) is 12.8. The number of carbonyl (C=O) groups is 3. The average Bonchev–Trinajstić information content (AvgIpc) is 2.60. The Morgan fingerprint density at radius 2 is 1.74 bits per heavy atom. The summed E-state index contributed by atoms with van der Waals surface area (Å²) in [5, 5.41) is 10.9. The topological polar surface area (TPSA) is 99.1 Å². The number of rotatable bonds is 6. The molecule has 1 saturated carbocycles. The minimum absolute atomic E-state index is 0.0989. The van der Waals surface area contributed by atoms with E-state index in [1.165, 1.54) is 14.0 Å². The minimum atomic E-state index is -1.67. The summed E-state index contributed by atoms with van der Waals surface area (Å²) in [4.78, 5) is 38.1. The fourth-order valence-corrected chi connectivity index (χ4v) is 3.80. The number of hydrogen-bond acceptors (Lipinski definition) is 7. The molecule has 148 valence electrons. The van der Waals surface area contributed by atoms with Gasteiger partial charge in [0.25, 0.3) is 0 Å². The molecule has 0 aliphatic heterocycles. The number of hydrogen-bond donors (Lipinski definition) is 1. The summed E-state index contributed by atoms with van der Waals surface area (Å²) in [6.45, 7) is 4.92. The molecule has 27 heavy (non-hydrogen) atoms. The first kappa shape index (κ1) is 20.9. The van der Waals surface area contributed by atoms with Crippen molar-refractivity contribution in [2.75, 3.05) is 20.3 Å². The van der Waals surface area contributed by atoms with Crippen LogP contribution in [-0.4, -0.2) is 48.8 Å². The zero-order chi connectivity index (χ0) is 20.2. The Labute approximate surface area is 158 Å². The molecule has 7 heteroatoms. The number of aliphatic hydroxyl groups is 1. The summed E-state index contributed by atoms with van der Waals surface area (Å²) in [5.41, 5.74) is -1.19. The molecule has 0 amide bonds. The molecule has 0 unspecified atom stereocenters. The molecule has 0 heterocycles. The van der Waals surface area contributed by atoms with Gasteiger partial charge in [-0.25, -0.2) is 0 Å². The lowest BCUT2D eigenvalue weighted by molar-refractivity contribution is -0.172. The number of methoxy groups -OCH3 is 1. The molecule has 1 N–H and O–H groups in total. The third kappa shape index (κ3) is 4.13. The maximum absolute atomic E-state index is 12.8. The van der Waals surface area contributed by atoms with Gasteiger partial charge in [-0.1, -0.05) is 18.2 Å². The summed E-state index contributed by atoms with van der Waals surface area (Å²) in [6.07, 6.45) is -0.342. The fourth-order valence-electron chi connectivity index (χ4n) is 3.80. The van der Waals surface area contributed by atoms with Crippen LogP contribution in [0, 0.1) is 11.8 Å². The molecule has 1 aromatic carbocycles. The monoisotopic (exact) mass is 378 g/mol. The first-order valence-corrected chi connectivity index (χ1v) is 8.99. The van der Waals surface area contributed by atoms with Gasteiger partial charge >= 0.3 is 11.9 Å². The Morgan fingerprint density at radius 1 is 1.15 bits per heavy atom. The summed E-state index contributed by atoms with van der Waals surface area (Å²) in [6, 6.07) is 6.81. The van der Waals surface area contributed by atoms with Crippen LogP contribution in [0.15, 0.2) is 24.3 Å². The highest BCUT2D eigenvalue weighted by atomic mass is 16.5. The van der Waals surface area contributed by atoms with Gasteiger partial charge in [0.1, 0.15) is 11.7 Å². The second-order valence-electron chi connectivity index (χ2n) is 6.73. The molecule has 1 aliphatic carbocycles. The summed E-state index contributed by atoms with van der Waals surface area (Å²) >= 11 is 0. The third-order valence-electron chi connectivity index (χ3n) is 4.85. The zero-order valence-electron chi connectivity index (χ0n) is 16.1. The summed E-state index contributed by atoms with van der Waals surface area (Å²) in [7, 11) is 1.46.